The van der Waals surface area contributed by atoms with Crippen molar-refractivity contribution in [3.63, 3.8) is 0 Å². The molecule has 0 amide bonds. The predicted molar refractivity (Wildman–Crippen MR) is 116 cm³/mol. The topological polar surface area (TPSA) is 70.8 Å². The van der Waals surface area contributed by atoms with Gasteiger partial charge < -0.3 is 15.0 Å². The molecular formula is C22H29N7O. The van der Waals surface area contributed by atoms with Crippen molar-refractivity contribution >= 4 is 11.6 Å². The number of nitrogens with zero attached hydrogens (tertiary/aromatic N) is 6. The minimum atomic E-state index is 0.333. The molecule has 1 aliphatic carbocycles. The fourth-order valence-electron chi connectivity index (χ4n) is 4.65. The van der Waals surface area contributed by atoms with Gasteiger partial charge in [0, 0.05) is 51.2 Å². The van der Waals surface area contributed by atoms with Gasteiger partial charge in [-0.25, -0.2) is 4.98 Å². The second-order valence-electron chi connectivity index (χ2n) is 8.17. The summed E-state index contributed by atoms with van der Waals surface area (Å²) >= 11 is 0. The number of anilines is 1. The molecule has 8 nitrogen and oxygen atoms in total. The van der Waals surface area contributed by atoms with E-state index in [0.29, 0.717) is 11.9 Å². The average Bonchev–Trinajstić information content (AvgIpc) is 3.20. The fourth-order valence-corrected chi connectivity index (χ4v) is 4.65. The van der Waals surface area contributed by atoms with Crippen molar-refractivity contribution in [3.05, 3.63) is 47.5 Å². The lowest BCUT2D eigenvalue weighted by Crippen LogP contribution is -2.44. The number of pyridine rings is 1. The molecule has 158 valence electrons. The van der Waals surface area contributed by atoms with E-state index >= 15 is 0 Å². The van der Waals surface area contributed by atoms with E-state index in [9.17, 15) is 0 Å². The Bertz CT molecular complexity index is 1030. The maximum absolute atomic E-state index is 5.45. The average molecular weight is 408 g/mol. The van der Waals surface area contributed by atoms with E-state index in [1.165, 1.54) is 17.7 Å². The van der Waals surface area contributed by atoms with E-state index in [2.05, 4.69) is 38.8 Å². The van der Waals surface area contributed by atoms with Crippen LogP contribution in [-0.2, 0) is 13.0 Å². The van der Waals surface area contributed by atoms with Crippen LogP contribution in [0.15, 0.2) is 30.6 Å². The van der Waals surface area contributed by atoms with Gasteiger partial charge in [-0.2, -0.15) is 4.98 Å². The SMILES string of the molecule is COc1cc2nc(CN(C)[C@H]3CCCc4cccnc43)cn2c(N2CCNCC2)n1. The molecule has 0 spiro atoms. The lowest BCUT2D eigenvalue weighted by Gasteiger charge is -2.31. The molecule has 1 fully saturated rings. The third-order valence-electron chi connectivity index (χ3n) is 6.18. The lowest BCUT2D eigenvalue weighted by atomic mass is 9.91. The zero-order valence-electron chi connectivity index (χ0n) is 17.7. The Hall–Kier alpha value is -2.71. The summed E-state index contributed by atoms with van der Waals surface area (Å²) in [4.78, 5) is 19.0. The Morgan fingerprint density at radius 1 is 1.27 bits per heavy atom. The van der Waals surface area contributed by atoms with Crippen LogP contribution in [0.5, 0.6) is 5.88 Å². The number of rotatable bonds is 5. The number of aryl methyl sites for hydroxylation is 1. The number of fused-ring (bicyclic) bond motifs is 2. The van der Waals surface area contributed by atoms with E-state index in [1.807, 2.05) is 18.3 Å². The molecule has 0 aromatic carbocycles. The zero-order valence-corrected chi connectivity index (χ0v) is 17.7. The van der Waals surface area contributed by atoms with Crippen LogP contribution < -0.4 is 15.0 Å². The van der Waals surface area contributed by atoms with Crippen LogP contribution >= 0.6 is 0 Å². The summed E-state index contributed by atoms with van der Waals surface area (Å²) in [5, 5.41) is 3.40. The van der Waals surface area contributed by atoms with Gasteiger partial charge >= 0.3 is 0 Å². The number of imidazole rings is 1. The molecule has 1 N–H and O–H groups in total. The Balaban J connectivity index is 1.44. The minimum Gasteiger partial charge on any atom is -0.481 e. The molecule has 8 heteroatoms. The number of aromatic nitrogens is 4. The molecular weight excluding hydrogens is 378 g/mol. The van der Waals surface area contributed by atoms with E-state index in [4.69, 9.17) is 19.7 Å². The standard InChI is InChI=1S/C22H29N7O/c1-27(18-7-3-5-16-6-4-8-24-21(16)18)14-17-15-29-19(25-17)13-20(30-2)26-22(29)28-11-9-23-10-12-28/h4,6,8,13,15,18,23H,3,5,7,9-12,14H2,1-2H3/t18-/m0/s1. The third kappa shape index (κ3) is 3.61. The van der Waals surface area contributed by atoms with Crippen molar-refractivity contribution in [1.29, 1.82) is 0 Å². The number of piperazine rings is 1. The van der Waals surface area contributed by atoms with Gasteiger partial charge in [-0.05, 0) is 37.9 Å². The van der Waals surface area contributed by atoms with Crippen LogP contribution in [0.25, 0.3) is 5.65 Å². The van der Waals surface area contributed by atoms with Gasteiger partial charge in [0.2, 0.25) is 11.8 Å². The molecule has 0 radical (unpaired) electrons. The van der Waals surface area contributed by atoms with Gasteiger partial charge in [0.25, 0.3) is 0 Å². The maximum Gasteiger partial charge on any atom is 0.219 e. The molecule has 0 bridgehead atoms. The van der Waals surface area contributed by atoms with Gasteiger partial charge in [-0.15, -0.1) is 0 Å². The highest BCUT2D eigenvalue weighted by Crippen LogP contribution is 2.32. The van der Waals surface area contributed by atoms with E-state index < -0.39 is 0 Å². The smallest absolute Gasteiger partial charge is 0.219 e. The Morgan fingerprint density at radius 2 is 2.13 bits per heavy atom. The van der Waals surface area contributed by atoms with Crippen LogP contribution in [-0.4, -0.2) is 64.6 Å². The summed E-state index contributed by atoms with van der Waals surface area (Å²) in [6, 6.07) is 6.50. The number of hydrogen-bond acceptors (Lipinski definition) is 7. The van der Waals surface area contributed by atoms with Gasteiger partial charge in [-0.3, -0.25) is 14.3 Å². The summed E-state index contributed by atoms with van der Waals surface area (Å²) in [6.07, 6.45) is 7.50. The van der Waals surface area contributed by atoms with Crippen molar-refractivity contribution in [3.8, 4) is 5.88 Å². The Kier molecular flexibility index (Phi) is 5.26. The van der Waals surface area contributed by atoms with Crippen LogP contribution in [0, 0.1) is 0 Å². The molecule has 1 saturated heterocycles. The van der Waals surface area contributed by atoms with Crippen molar-refractivity contribution in [2.45, 2.75) is 31.8 Å². The third-order valence-corrected chi connectivity index (χ3v) is 6.18. The van der Waals surface area contributed by atoms with Crippen LogP contribution in [0.1, 0.15) is 35.8 Å². The molecule has 30 heavy (non-hydrogen) atoms. The number of hydrogen-bond donors (Lipinski definition) is 1. The van der Waals surface area contributed by atoms with Crippen molar-refractivity contribution in [1.82, 2.24) is 29.6 Å². The molecule has 0 saturated carbocycles. The van der Waals surface area contributed by atoms with E-state index in [0.717, 1.165) is 62.9 Å². The summed E-state index contributed by atoms with van der Waals surface area (Å²) in [5.74, 6) is 1.50. The Labute approximate surface area is 176 Å². The highest BCUT2D eigenvalue weighted by Gasteiger charge is 2.26. The number of ether oxygens (including phenoxy) is 1. The summed E-state index contributed by atoms with van der Waals surface area (Å²) in [5.41, 5.74) is 4.51. The van der Waals surface area contributed by atoms with E-state index in [-0.39, 0.29) is 0 Å². The first-order valence-corrected chi connectivity index (χ1v) is 10.8. The molecule has 4 heterocycles. The molecule has 1 aliphatic heterocycles. The predicted octanol–water partition coefficient (Wildman–Crippen LogP) is 2.05. The largest absolute Gasteiger partial charge is 0.481 e. The van der Waals surface area contributed by atoms with Gasteiger partial charge in [-0.1, -0.05) is 6.07 Å². The highest BCUT2D eigenvalue weighted by molar-refractivity contribution is 5.51. The molecule has 3 aromatic rings. The lowest BCUT2D eigenvalue weighted by molar-refractivity contribution is 0.206. The monoisotopic (exact) mass is 407 g/mol. The quantitative estimate of drug-likeness (QED) is 0.694. The second kappa shape index (κ2) is 8.20. The molecule has 2 aliphatic rings. The first-order chi connectivity index (χ1) is 14.7. The summed E-state index contributed by atoms with van der Waals surface area (Å²) < 4.78 is 7.55. The first-order valence-electron chi connectivity index (χ1n) is 10.8. The second-order valence-corrected chi connectivity index (χ2v) is 8.17. The molecule has 3 aromatic heterocycles. The van der Waals surface area contributed by atoms with Crippen LogP contribution in [0.3, 0.4) is 0 Å². The maximum atomic E-state index is 5.45. The summed E-state index contributed by atoms with van der Waals surface area (Å²) in [6.45, 7) is 4.53. The van der Waals surface area contributed by atoms with Crippen molar-refractivity contribution in [2.24, 2.45) is 0 Å². The van der Waals surface area contributed by atoms with Crippen molar-refractivity contribution in [2.75, 3.05) is 45.2 Å². The highest BCUT2D eigenvalue weighted by atomic mass is 16.5. The van der Waals surface area contributed by atoms with Crippen LogP contribution in [0.4, 0.5) is 5.95 Å². The van der Waals surface area contributed by atoms with Crippen LogP contribution in [0.2, 0.25) is 0 Å². The molecule has 0 unspecified atom stereocenters. The molecule has 1 atom stereocenters. The van der Waals surface area contributed by atoms with E-state index in [1.54, 1.807) is 7.11 Å². The number of methoxy groups -OCH3 is 1. The normalized spacial score (nSPS) is 19.3. The van der Waals surface area contributed by atoms with Crippen molar-refractivity contribution < 1.29 is 4.74 Å². The molecule has 5 rings (SSSR count). The van der Waals surface area contributed by atoms with Gasteiger partial charge in [0.1, 0.15) is 5.65 Å². The van der Waals surface area contributed by atoms with Gasteiger partial charge in [0.15, 0.2) is 0 Å². The zero-order chi connectivity index (χ0) is 20.5. The fraction of sp³-hybridized carbons (Fsp3) is 0.500. The first kappa shape index (κ1) is 19.3. The Morgan fingerprint density at radius 3 is 2.97 bits per heavy atom. The summed E-state index contributed by atoms with van der Waals surface area (Å²) in [7, 11) is 3.83. The van der Waals surface area contributed by atoms with Gasteiger partial charge in [0.05, 0.1) is 24.5 Å². The number of nitrogens with one attached hydrogen (secondary N) is 1. The minimum absolute atomic E-state index is 0.333.